The van der Waals surface area contributed by atoms with Gasteiger partial charge in [-0.15, -0.1) is 0 Å². The van der Waals surface area contributed by atoms with Crippen molar-refractivity contribution in [2.75, 3.05) is 6.54 Å². The van der Waals surface area contributed by atoms with Crippen LogP contribution in [-0.2, 0) is 0 Å². The van der Waals surface area contributed by atoms with Crippen LogP contribution in [0.5, 0.6) is 0 Å². The van der Waals surface area contributed by atoms with Gasteiger partial charge in [-0.25, -0.2) is 4.39 Å². The van der Waals surface area contributed by atoms with Gasteiger partial charge >= 0.3 is 0 Å². The molecule has 0 aliphatic heterocycles. The van der Waals surface area contributed by atoms with Gasteiger partial charge in [0.25, 0.3) is 0 Å². The van der Waals surface area contributed by atoms with Gasteiger partial charge < -0.3 is 10.4 Å². The second-order valence-corrected chi connectivity index (χ2v) is 4.71. The van der Waals surface area contributed by atoms with Crippen LogP contribution in [0.1, 0.15) is 38.8 Å². The zero-order valence-corrected chi connectivity index (χ0v) is 10.1. The molecule has 0 fully saturated rings. The molecule has 0 aromatic heterocycles. The van der Waals surface area contributed by atoms with Gasteiger partial charge in [0.15, 0.2) is 0 Å². The van der Waals surface area contributed by atoms with Crippen molar-refractivity contribution in [3.63, 3.8) is 0 Å². The molecule has 0 aliphatic rings. The maximum Gasteiger partial charge on any atom is 0.123 e. The van der Waals surface area contributed by atoms with E-state index in [1.165, 1.54) is 12.1 Å². The van der Waals surface area contributed by atoms with E-state index < -0.39 is 5.60 Å². The molecule has 2 N–H and O–H groups in total. The van der Waals surface area contributed by atoms with Crippen LogP contribution in [0.2, 0.25) is 0 Å². The third-order valence-electron chi connectivity index (χ3n) is 2.46. The minimum atomic E-state index is -0.729. The monoisotopic (exact) mass is 225 g/mol. The highest BCUT2D eigenvalue weighted by Crippen LogP contribution is 2.17. The summed E-state index contributed by atoms with van der Waals surface area (Å²) < 4.78 is 12.8. The molecular formula is C13H20FNO. The molecule has 0 spiro atoms. The molecule has 1 atom stereocenters. The Bertz CT molecular complexity index is 316. The van der Waals surface area contributed by atoms with Crippen LogP contribution in [0, 0.1) is 5.82 Å². The van der Waals surface area contributed by atoms with Gasteiger partial charge in [0.05, 0.1) is 5.60 Å². The minimum absolute atomic E-state index is 0.159. The number of hydrogen-bond donors (Lipinski definition) is 2. The van der Waals surface area contributed by atoms with Crippen molar-refractivity contribution in [2.45, 2.75) is 38.8 Å². The fourth-order valence-electron chi connectivity index (χ4n) is 1.57. The van der Waals surface area contributed by atoms with Gasteiger partial charge in [-0.1, -0.05) is 19.1 Å². The number of aliphatic hydroxyl groups is 1. The molecule has 1 unspecified atom stereocenters. The Labute approximate surface area is 96.5 Å². The first kappa shape index (κ1) is 13.1. The minimum Gasteiger partial charge on any atom is -0.389 e. The van der Waals surface area contributed by atoms with E-state index in [2.05, 4.69) is 12.2 Å². The van der Waals surface area contributed by atoms with Gasteiger partial charge in [0.1, 0.15) is 5.82 Å². The van der Waals surface area contributed by atoms with Crippen LogP contribution in [0.15, 0.2) is 24.3 Å². The topological polar surface area (TPSA) is 32.3 Å². The highest BCUT2D eigenvalue weighted by Gasteiger charge is 2.15. The maximum atomic E-state index is 12.8. The van der Waals surface area contributed by atoms with Crippen LogP contribution >= 0.6 is 0 Å². The van der Waals surface area contributed by atoms with Crippen molar-refractivity contribution in [3.8, 4) is 0 Å². The lowest BCUT2D eigenvalue weighted by Gasteiger charge is -2.23. The van der Waals surface area contributed by atoms with Crippen LogP contribution < -0.4 is 5.32 Å². The SMILES string of the molecule is CCC(NCC(C)(C)O)c1ccc(F)cc1. The molecule has 0 aliphatic carbocycles. The molecule has 0 radical (unpaired) electrons. The molecule has 2 nitrogen and oxygen atoms in total. The summed E-state index contributed by atoms with van der Waals surface area (Å²) >= 11 is 0. The predicted molar refractivity (Wildman–Crippen MR) is 63.7 cm³/mol. The standard InChI is InChI=1S/C13H20FNO/c1-4-12(15-9-13(2,3)16)10-5-7-11(14)8-6-10/h5-8,12,15-16H,4,9H2,1-3H3. The molecule has 16 heavy (non-hydrogen) atoms. The smallest absolute Gasteiger partial charge is 0.123 e. The Balaban J connectivity index is 2.64. The summed E-state index contributed by atoms with van der Waals surface area (Å²) in [7, 11) is 0. The van der Waals surface area contributed by atoms with Gasteiger partial charge in [-0.3, -0.25) is 0 Å². The van der Waals surface area contributed by atoms with Gasteiger partial charge in [-0.2, -0.15) is 0 Å². The van der Waals surface area contributed by atoms with E-state index >= 15 is 0 Å². The normalized spacial score (nSPS) is 13.8. The molecule has 90 valence electrons. The largest absolute Gasteiger partial charge is 0.389 e. The first-order chi connectivity index (χ1) is 7.42. The zero-order chi connectivity index (χ0) is 12.2. The Morgan fingerprint density at radius 3 is 2.31 bits per heavy atom. The van der Waals surface area contributed by atoms with Gasteiger partial charge in [-0.05, 0) is 38.0 Å². The molecule has 0 saturated heterocycles. The van der Waals surface area contributed by atoms with Crippen molar-refractivity contribution >= 4 is 0 Å². The molecule has 0 amide bonds. The molecule has 1 rings (SSSR count). The highest BCUT2D eigenvalue weighted by molar-refractivity contribution is 5.19. The van der Waals surface area contributed by atoms with Crippen LogP contribution in [0.4, 0.5) is 4.39 Å². The molecule has 0 bridgehead atoms. The lowest BCUT2D eigenvalue weighted by atomic mass is 10.0. The summed E-state index contributed by atoms with van der Waals surface area (Å²) in [6.07, 6.45) is 0.904. The summed E-state index contributed by atoms with van der Waals surface area (Å²) in [5.74, 6) is -0.221. The van der Waals surface area contributed by atoms with Crippen LogP contribution in [0.3, 0.4) is 0 Å². The summed E-state index contributed by atoms with van der Waals surface area (Å²) in [4.78, 5) is 0. The maximum absolute atomic E-state index is 12.8. The Morgan fingerprint density at radius 2 is 1.88 bits per heavy atom. The van der Waals surface area contributed by atoms with Gasteiger partial charge in [0, 0.05) is 12.6 Å². The van der Waals surface area contributed by atoms with E-state index in [1.807, 2.05) is 0 Å². The van der Waals surface area contributed by atoms with Crippen molar-refractivity contribution in [1.82, 2.24) is 5.32 Å². The molecule has 1 aromatic rings. The van der Waals surface area contributed by atoms with E-state index in [9.17, 15) is 9.50 Å². The summed E-state index contributed by atoms with van der Waals surface area (Å²) in [6.45, 7) is 6.10. The average molecular weight is 225 g/mol. The van der Waals surface area contributed by atoms with Crippen molar-refractivity contribution < 1.29 is 9.50 Å². The second kappa shape index (κ2) is 5.41. The van der Waals surface area contributed by atoms with E-state index in [-0.39, 0.29) is 11.9 Å². The first-order valence-electron chi connectivity index (χ1n) is 5.63. The van der Waals surface area contributed by atoms with Gasteiger partial charge in [0.2, 0.25) is 0 Å². The molecule has 3 heteroatoms. The van der Waals surface area contributed by atoms with Crippen LogP contribution in [-0.4, -0.2) is 17.3 Å². The highest BCUT2D eigenvalue weighted by atomic mass is 19.1. The van der Waals surface area contributed by atoms with Crippen molar-refractivity contribution in [1.29, 1.82) is 0 Å². The van der Waals surface area contributed by atoms with E-state index in [4.69, 9.17) is 0 Å². The number of hydrogen-bond acceptors (Lipinski definition) is 2. The molecule has 0 heterocycles. The van der Waals surface area contributed by atoms with E-state index in [0.29, 0.717) is 6.54 Å². The summed E-state index contributed by atoms with van der Waals surface area (Å²) in [5.41, 5.74) is 0.320. The number of benzene rings is 1. The summed E-state index contributed by atoms with van der Waals surface area (Å²) in [5, 5.41) is 12.9. The third kappa shape index (κ3) is 4.29. The summed E-state index contributed by atoms with van der Waals surface area (Å²) in [6, 6.07) is 6.64. The van der Waals surface area contributed by atoms with E-state index in [1.54, 1.807) is 26.0 Å². The Kier molecular flexibility index (Phi) is 4.44. The quantitative estimate of drug-likeness (QED) is 0.807. The number of halogens is 1. The predicted octanol–water partition coefficient (Wildman–Crippen LogP) is 2.64. The van der Waals surface area contributed by atoms with E-state index in [0.717, 1.165) is 12.0 Å². The van der Waals surface area contributed by atoms with Crippen LogP contribution in [0.25, 0.3) is 0 Å². The fourth-order valence-corrected chi connectivity index (χ4v) is 1.57. The fraction of sp³-hybridized carbons (Fsp3) is 0.538. The first-order valence-corrected chi connectivity index (χ1v) is 5.63. The lowest BCUT2D eigenvalue weighted by molar-refractivity contribution is 0.0762. The number of nitrogens with one attached hydrogen (secondary N) is 1. The lowest BCUT2D eigenvalue weighted by Crippen LogP contribution is -2.36. The molecule has 1 aromatic carbocycles. The van der Waals surface area contributed by atoms with Crippen molar-refractivity contribution in [2.24, 2.45) is 0 Å². The number of rotatable bonds is 5. The Morgan fingerprint density at radius 1 is 1.31 bits per heavy atom. The Hall–Kier alpha value is -0.930. The average Bonchev–Trinajstić information content (AvgIpc) is 2.20. The van der Waals surface area contributed by atoms with Crippen molar-refractivity contribution in [3.05, 3.63) is 35.6 Å². The third-order valence-corrected chi connectivity index (χ3v) is 2.46. The second-order valence-electron chi connectivity index (χ2n) is 4.71. The molecule has 0 saturated carbocycles. The molecular weight excluding hydrogens is 205 g/mol. The zero-order valence-electron chi connectivity index (χ0n) is 10.1.